The van der Waals surface area contributed by atoms with E-state index >= 15 is 0 Å². The number of hydrogen-bond acceptors (Lipinski definition) is 6. The van der Waals surface area contributed by atoms with Gasteiger partial charge < -0.3 is 10.6 Å². The van der Waals surface area contributed by atoms with Crippen molar-refractivity contribution in [3.63, 3.8) is 0 Å². The molecule has 0 unspecified atom stereocenters. The third-order valence-corrected chi connectivity index (χ3v) is 10.1. The minimum Gasteiger partial charge on any atom is -0.351 e. The number of amides is 3. The predicted molar refractivity (Wildman–Crippen MR) is 151 cm³/mol. The zero-order valence-electron chi connectivity index (χ0n) is 21.5. The van der Waals surface area contributed by atoms with E-state index in [9.17, 15) is 18.0 Å². The highest BCUT2D eigenvalue weighted by Gasteiger charge is 2.40. The third kappa shape index (κ3) is 4.58. The summed E-state index contributed by atoms with van der Waals surface area (Å²) in [5.74, 6) is -0.0498. The summed E-state index contributed by atoms with van der Waals surface area (Å²) in [6.07, 6.45) is 5.19. The fraction of sp³-hybridized carbons (Fsp3) is 0.286. The lowest BCUT2D eigenvalue weighted by Crippen LogP contribution is -2.40. The van der Waals surface area contributed by atoms with Gasteiger partial charge in [-0.05, 0) is 49.3 Å². The van der Waals surface area contributed by atoms with Crippen LogP contribution in [0.4, 0.5) is 16.3 Å². The summed E-state index contributed by atoms with van der Waals surface area (Å²) in [6.45, 7) is 0.998. The van der Waals surface area contributed by atoms with E-state index in [1.165, 1.54) is 22.5 Å². The highest BCUT2D eigenvalue weighted by Crippen LogP contribution is 2.38. The number of aromatic nitrogens is 3. The number of halogens is 1. The van der Waals surface area contributed by atoms with E-state index in [4.69, 9.17) is 17.3 Å². The Morgan fingerprint density at radius 3 is 2.27 bits per heavy atom. The maximum atomic E-state index is 14.0. The summed E-state index contributed by atoms with van der Waals surface area (Å²) in [5, 5.41) is 4.03. The Hall–Kier alpha value is -3.96. The van der Waals surface area contributed by atoms with Gasteiger partial charge in [-0.15, -0.1) is 0 Å². The molecule has 10 nitrogen and oxygen atoms in total. The molecular formula is C28H27ClN6O4S. The Morgan fingerprint density at radius 2 is 1.62 bits per heavy atom. The number of rotatable bonds is 6. The fourth-order valence-corrected chi connectivity index (χ4v) is 7.23. The van der Waals surface area contributed by atoms with Gasteiger partial charge in [-0.1, -0.05) is 54.1 Å². The van der Waals surface area contributed by atoms with Crippen LogP contribution in [0, 0.1) is 0 Å². The Balaban J connectivity index is 1.45. The van der Waals surface area contributed by atoms with Gasteiger partial charge in [0.05, 0.1) is 22.2 Å². The van der Waals surface area contributed by atoms with Crippen LogP contribution in [0.3, 0.4) is 0 Å². The van der Waals surface area contributed by atoms with Crippen LogP contribution in [0.25, 0.3) is 5.65 Å². The van der Waals surface area contributed by atoms with E-state index in [2.05, 4.69) is 22.2 Å². The van der Waals surface area contributed by atoms with E-state index in [1.54, 1.807) is 29.2 Å². The summed E-state index contributed by atoms with van der Waals surface area (Å²) in [4.78, 5) is 34.1. The van der Waals surface area contributed by atoms with Gasteiger partial charge in [0.25, 0.3) is 5.91 Å². The summed E-state index contributed by atoms with van der Waals surface area (Å²) in [5.41, 5.74) is 7.40. The molecule has 4 aromatic rings. The van der Waals surface area contributed by atoms with E-state index in [0.717, 1.165) is 17.7 Å². The van der Waals surface area contributed by atoms with Gasteiger partial charge in [-0.2, -0.15) is 9.61 Å². The first-order chi connectivity index (χ1) is 19.3. The van der Waals surface area contributed by atoms with Gasteiger partial charge in [0.2, 0.25) is 0 Å². The standard InChI is InChI=1S/C28H27ClN6O4S/c29-22-8-4-5-9-23(22)34(28(30)37)26-21(16-31-25-24(17-32-35(25)26)40(38,39)20-10-11-20)27(36)33-14-12-19(13-15-33)18-6-2-1-3-7-18/h1-9,16-17,19-20H,10-15H2,(H2,30,37). The zero-order chi connectivity index (χ0) is 28.0. The summed E-state index contributed by atoms with van der Waals surface area (Å²) in [6, 6.07) is 15.8. The molecule has 1 aliphatic heterocycles. The minimum atomic E-state index is -3.67. The number of hydrogen-bond donors (Lipinski definition) is 1. The number of urea groups is 1. The van der Waals surface area contributed by atoms with Crippen LogP contribution in [0.1, 0.15) is 47.5 Å². The van der Waals surface area contributed by atoms with Gasteiger partial charge in [0, 0.05) is 19.3 Å². The first-order valence-electron chi connectivity index (χ1n) is 13.1. The number of anilines is 2. The zero-order valence-corrected chi connectivity index (χ0v) is 23.1. The van der Waals surface area contributed by atoms with Crippen molar-refractivity contribution in [1.29, 1.82) is 0 Å². The topological polar surface area (TPSA) is 131 Å². The molecular weight excluding hydrogens is 552 g/mol. The molecule has 2 fully saturated rings. The number of benzene rings is 2. The van der Waals surface area contributed by atoms with Crippen molar-refractivity contribution in [2.24, 2.45) is 5.73 Å². The van der Waals surface area contributed by atoms with Crippen LogP contribution in [0.15, 0.2) is 71.9 Å². The number of para-hydroxylation sites is 1. The summed E-state index contributed by atoms with van der Waals surface area (Å²) in [7, 11) is -3.67. The molecule has 0 spiro atoms. The normalized spacial score (nSPS) is 16.3. The number of nitrogens with zero attached hydrogens (tertiary/aromatic N) is 5. The van der Waals surface area contributed by atoms with Crippen molar-refractivity contribution in [1.82, 2.24) is 19.5 Å². The van der Waals surface area contributed by atoms with Gasteiger partial charge in [0.1, 0.15) is 10.5 Å². The lowest BCUT2D eigenvalue weighted by atomic mass is 9.89. The number of piperidine rings is 1. The molecule has 2 aromatic heterocycles. The van der Waals surface area contributed by atoms with Gasteiger partial charge >= 0.3 is 6.03 Å². The van der Waals surface area contributed by atoms with Gasteiger partial charge in [-0.3, -0.25) is 4.79 Å². The molecule has 2 aliphatic rings. The lowest BCUT2D eigenvalue weighted by molar-refractivity contribution is 0.0713. The second-order valence-corrected chi connectivity index (χ2v) is 12.7. The second kappa shape index (κ2) is 10.2. The SMILES string of the molecule is NC(=O)N(c1ccccc1Cl)c1c(C(=O)N2CCC(c3ccccc3)CC2)cnc2c(S(=O)(=O)C3CC3)cnn12. The number of fused-ring (bicyclic) bond motifs is 1. The number of likely N-dealkylation sites (tertiary alicyclic amines) is 1. The Kier molecular flexibility index (Phi) is 6.71. The van der Waals surface area contributed by atoms with Crippen molar-refractivity contribution in [3.8, 4) is 0 Å². The predicted octanol–water partition coefficient (Wildman–Crippen LogP) is 4.56. The lowest BCUT2D eigenvalue weighted by Gasteiger charge is -2.33. The molecule has 0 atom stereocenters. The molecule has 6 rings (SSSR count). The fourth-order valence-electron chi connectivity index (χ4n) is 5.30. The quantitative estimate of drug-likeness (QED) is 0.357. The summed E-state index contributed by atoms with van der Waals surface area (Å²) < 4.78 is 27.5. The van der Waals surface area contributed by atoms with Crippen molar-refractivity contribution < 1.29 is 18.0 Å². The molecule has 1 aliphatic carbocycles. The third-order valence-electron chi connectivity index (χ3n) is 7.55. The second-order valence-electron chi connectivity index (χ2n) is 10.1. The molecule has 3 amide bonds. The number of carbonyl (C=O) groups excluding carboxylic acids is 2. The molecule has 12 heteroatoms. The first-order valence-corrected chi connectivity index (χ1v) is 15.0. The van der Waals surface area contributed by atoms with E-state index in [0.29, 0.717) is 31.8 Å². The van der Waals surface area contributed by atoms with Crippen molar-refractivity contribution in [2.75, 3.05) is 18.0 Å². The van der Waals surface area contributed by atoms with Crippen LogP contribution in [0.5, 0.6) is 0 Å². The Morgan fingerprint density at radius 1 is 0.950 bits per heavy atom. The number of carbonyl (C=O) groups is 2. The van der Waals surface area contributed by atoms with Crippen LogP contribution >= 0.6 is 11.6 Å². The Bertz CT molecular complexity index is 1710. The van der Waals surface area contributed by atoms with Gasteiger partial charge in [-0.25, -0.2) is 23.1 Å². The van der Waals surface area contributed by atoms with E-state index in [1.807, 2.05) is 18.2 Å². The molecule has 0 bridgehead atoms. The molecule has 0 radical (unpaired) electrons. The largest absolute Gasteiger partial charge is 0.351 e. The molecule has 2 aromatic carbocycles. The average molecular weight is 579 g/mol. The average Bonchev–Trinajstić information content (AvgIpc) is 3.74. The van der Waals surface area contributed by atoms with Crippen LogP contribution in [-0.2, 0) is 9.84 Å². The van der Waals surface area contributed by atoms with E-state index < -0.39 is 21.1 Å². The molecule has 2 N–H and O–H groups in total. The number of nitrogens with two attached hydrogens (primary N) is 1. The van der Waals surface area contributed by atoms with E-state index in [-0.39, 0.29) is 38.5 Å². The van der Waals surface area contributed by atoms with Crippen LogP contribution in [-0.4, -0.2) is 58.2 Å². The Labute approximate surface area is 236 Å². The van der Waals surface area contributed by atoms with Crippen molar-refractivity contribution >= 4 is 50.5 Å². The molecule has 3 heterocycles. The first kappa shape index (κ1) is 26.3. The summed E-state index contributed by atoms with van der Waals surface area (Å²) >= 11 is 6.46. The van der Waals surface area contributed by atoms with Crippen molar-refractivity contribution in [2.45, 2.75) is 41.7 Å². The molecule has 40 heavy (non-hydrogen) atoms. The molecule has 1 saturated carbocycles. The maximum absolute atomic E-state index is 14.0. The monoisotopic (exact) mass is 578 g/mol. The number of primary amides is 1. The molecule has 1 saturated heterocycles. The number of sulfone groups is 1. The highest BCUT2D eigenvalue weighted by atomic mass is 35.5. The minimum absolute atomic E-state index is 0.0135. The smallest absolute Gasteiger partial charge is 0.325 e. The van der Waals surface area contributed by atoms with Crippen LogP contribution < -0.4 is 10.6 Å². The maximum Gasteiger partial charge on any atom is 0.325 e. The van der Waals surface area contributed by atoms with Gasteiger partial charge in [0.15, 0.2) is 21.3 Å². The molecule has 206 valence electrons. The van der Waals surface area contributed by atoms with Crippen molar-refractivity contribution in [3.05, 3.63) is 83.1 Å². The highest BCUT2D eigenvalue weighted by molar-refractivity contribution is 7.92. The van der Waals surface area contributed by atoms with Crippen LogP contribution in [0.2, 0.25) is 5.02 Å².